The van der Waals surface area contributed by atoms with Gasteiger partial charge in [0, 0.05) is 11.8 Å². The third kappa shape index (κ3) is 4.44. The molecule has 18 heavy (non-hydrogen) atoms. The highest BCUT2D eigenvalue weighted by Crippen LogP contribution is 2.28. The minimum atomic E-state index is -3.02. The molecule has 0 saturated heterocycles. The Kier molecular flexibility index (Phi) is 5.27. The highest BCUT2D eigenvalue weighted by molar-refractivity contribution is 7.91. The van der Waals surface area contributed by atoms with Crippen LogP contribution >= 0.6 is 0 Å². The molecule has 5 nitrogen and oxygen atoms in total. The molecule has 0 heterocycles. The summed E-state index contributed by atoms with van der Waals surface area (Å²) in [6.07, 6.45) is 0.619. The smallest absolute Gasteiger partial charge is 0.162 e. The molecule has 0 atom stereocenters. The molecular weight excluding hydrogens is 254 g/mol. The van der Waals surface area contributed by atoms with E-state index < -0.39 is 9.84 Å². The van der Waals surface area contributed by atoms with Gasteiger partial charge in [-0.2, -0.15) is 0 Å². The zero-order valence-electron chi connectivity index (χ0n) is 10.7. The number of methoxy groups -OCH3 is 1. The molecular formula is C12H19NO4S. The first-order valence-electron chi connectivity index (χ1n) is 5.75. The van der Waals surface area contributed by atoms with Crippen molar-refractivity contribution >= 4 is 15.5 Å². The van der Waals surface area contributed by atoms with Gasteiger partial charge < -0.3 is 15.2 Å². The third-order valence-electron chi connectivity index (χ3n) is 2.35. The molecule has 1 aromatic rings. The first-order valence-corrected chi connectivity index (χ1v) is 7.57. The Morgan fingerprint density at radius 1 is 1.22 bits per heavy atom. The van der Waals surface area contributed by atoms with E-state index >= 15 is 0 Å². The van der Waals surface area contributed by atoms with Gasteiger partial charge in [-0.15, -0.1) is 0 Å². The normalized spacial score (nSPS) is 11.2. The van der Waals surface area contributed by atoms with Crippen molar-refractivity contribution in [2.24, 2.45) is 0 Å². The van der Waals surface area contributed by atoms with E-state index in [1.54, 1.807) is 18.2 Å². The highest BCUT2D eigenvalue weighted by atomic mass is 32.2. The van der Waals surface area contributed by atoms with Gasteiger partial charge in [0.2, 0.25) is 0 Å². The lowest BCUT2D eigenvalue weighted by Gasteiger charge is -2.11. The molecule has 6 heteroatoms. The number of benzene rings is 1. The maximum atomic E-state index is 11.5. The minimum Gasteiger partial charge on any atom is -0.493 e. The molecule has 0 aromatic heterocycles. The maximum Gasteiger partial charge on any atom is 0.162 e. The molecule has 0 aliphatic carbocycles. The Morgan fingerprint density at radius 2 is 1.94 bits per heavy atom. The van der Waals surface area contributed by atoms with Gasteiger partial charge in [-0.1, -0.05) is 6.92 Å². The van der Waals surface area contributed by atoms with Crippen molar-refractivity contribution in [1.29, 1.82) is 0 Å². The standard InChI is InChI=1S/C12H19NO4S/c1-3-7-18(14,15)8-6-17-11-5-4-10(13)9-12(11)16-2/h4-5,9H,3,6-8,13H2,1-2H3. The Bertz CT molecular complexity index is 485. The SMILES string of the molecule is CCCS(=O)(=O)CCOc1ccc(N)cc1OC. The summed E-state index contributed by atoms with van der Waals surface area (Å²) in [7, 11) is -1.51. The largest absolute Gasteiger partial charge is 0.493 e. The fraction of sp³-hybridized carbons (Fsp3) is 0.500. The first kappa shape index (κ1) is 14.6. The molecule has 0 radical (unpaired) electrons. The lowest BCUT2D eigenvalue weighted by Crippen LogP contribution is -2.16. The van der Waals surface area contributed by atoms with Crippen LogP contribution in [0.3, 0.4) is 0 Å². The number of nitrogen functional groups attached to an aromatic ring is 1. The highest BCUT2D eigenvalue weighted by Gasteiger charge is 2.11. The molecule has 1 rings (SSSR count). The molecule has 102 valence electrons. The number of ether oxygens (including phenoxy) is 2. The second-order valence-corrected chi connectivity index (χ2v) is 6.21. The molecule has 0 aliphatic rings. The van der Waals surface area contributed by atoms with E-state index in [0.717, 1.165) is 0 Å². The number of hydrogen-bond donors (Lipinski definition) is 1. The summed E-state index contributed by atoms with van der Waals surface area (Å²) in [5.41, 5.74) is 6.18. The van der Waals surface area contributed by atoms with Gasteiger partial charge in [0.05, 0.1) is 18.6 Å². The quantitative estimate of drug-likeness (QED) is 0.761. The van der Waals surface area contributed by atoms with Crippen LogP contribution in [0.25, 0.3) is 0 Å². The summed E-state index contributed by atoms with van der Waals surface area (Å²) in [6.45, 7) is 1.95. The molecule has 0 aliphatic heterocycles. The summed E-state index contributed by atoms with van der Waals surface area (Å²) in [5, 5.41) is 0. The van der Waals surface area contributed by atoms with Crippen LogP contribution in [0.5, 0.6) is 11.5 Å². The average molecular weight is 273 g/mol. The monoisotopic (exact) mass is 273 g/mol. The topological polar surface area (TPSA) is 78.6 Å². The summed E-state index contributed by atoms with van der Waals surface area (Å²) in [4.78, 5) is 0. The Labute approximate surface area is 108 Å². The van der Waals surface area contributed by atoms with Crippen molar-refractivity contribution in [3.05, 3.63) is 18.2 Å². The van der Waals surface area contributed by atoms with Crippen LogP contribution in [0.1, 0.15) is 13.3 Å². The molecule has 0 saturated carbocycles. The van der Waals surface area contributed by atoms with Crippen LogP contribution in [-0.4, -0.2) is 33.6 Å². The average Bonchev–Trinajstić information content (AvgIpc) is 2.30. The predicted molar refractivity (Wildman–Crippen MR) is 71.8 cm³/mol. The van der Waals surface area contributed by atoms with Gasteiger partial charge >= 0.3 is 0 Å². The van der Waals surface area contributed by atoms with Crippen molar-refractivity contribution in [2.75, 3.05) is 31.0 Å². The summed E-state index contributed by atoms with van der Waals surface area (Å²) in [5.74, 6) is 1.20. The lowest BCUT2D eigenvalue weighted by atomic mass is 10.3. The number of rotatable bonds is 7. The van der Waals surface area contributed by atoms with Gasteiger partial charge in [-0.3, -0.25) is 0 Å². The van der Waals surface area contributed by atoms with Gasteiger partial charge in [-0.05, 0) is 18.6 Å². The van der Waals surface area contributed by atoms with E-state index in [2.05, 4.69) is 0 Å². The van der Waals surface area contributed by atoms with E-state index in [4.69, 9.17) is 15.2 Å². The van der Waals surface area contributed by atoms with E-state index in [1.165, 1.54) is 7.11 Å². The Hall–Kier alpha value is -1.43. The van der Waals surface area contributed by atoms with Crippen LogP contribution in [0.15, 0.2) is 18.2 Å². The Balaban J connectivity index is 2.59. The van der Waals surface area contributed by atoms with Gasteiger partial charge in [0.1, 0.15) is 6.61 Å². The molecule has 0 amide bonds. The van der Waals surface area contributed by atoms with Gasteiger partial charge in [0.15, 0.2) is 21.3 Å². The van der Waals surface area contributed by atoms with Crippen LogP contribution in [-0.2, 0) is 9.84 Å². The summed E-state index contributed by atoms with van der Waals surface area (Å²) < 4.78 is 33.5. The lowest BCUT2D eigenvalue weighted by molar-refractivity contribution is 0.312. The van der Waals surface area contributed by atoms with Crippen LogP contribution in [0.2, 0.25) is 0 Å². The zero-order valence-corrected chi connectivity index (χ0v) is 11.5. The fourth-order valence-electron chi connectivity index (χ4n) is 1.50. The van der Waals surface area contributed by atoms with Crippen molar-refractivity contribution in [2.45, 2.75) is 13.3 Å². The van der Waals surface area contributed by atoms with E-state index in [0.29, 0.717) is 23.6 Å². The van der Waals surface area contributed by atoms with E-state index in [1.807, 2.05) is 6.92 Å². The Morgan fingerprint density at radius 3 is 2.56 bits per heavy atom. The molecule has 2 N–H and O–H groups in total. The van der Waals surface area contributed by atoms with Gasteiger partial charge in [0.25, 0.3) is 0 Å². The minimum absolute atomic E-state index is 0.00830. The second kappa shape index (κ2) is 6.49. The molecule has 0 spiro atoms. The number of sulfone groups is 1. The van der Waals surface area contributed by atoms with Crippen molar-refractivity contribution < 1.29 is 17.9 Å². The molecule has 0 unspecified atom stereocenters. The number of nitrogens with two attached hydrogens (primary N) is 1. The third-order valence-corrected chi connectivity index (χ3v) is 4.17. The van der Waals surface area contributed by atoms with Crippen LogP contribution in [0.4, 0.5) is 5.69 Å². The van der Waals surface area contributed by atoms with Gasteiger partial charge in [-0.25, -0.2) is 8.42 Å². The molecule has 0 bridgehead atoms. The first-order chi connectivity index (χ1) is 8.48. The maximum absolute atomic E-state index is 11.5. The van der Waals surface area contributed by atoms with E-state index in [9.17, 15) is 8.42 Å². The van der Waals surface area contributed by atoms with Crippen molar-refractivity contribution in [1.82, 2.24) is 0 Å². The van der Waals surface area contributed by atoms with E-state index in [-0.39, 0.29) is 18.1 Å². The van der Waals surface area contributed by atoms with Crippen molar-refractivity contribution in [3.63, 3.8) is 0 Å². The predicted octanol–water partition coefficient (Wildman–Crippen LogP) is 1.48. The van der Waals surface area contributed by atoms with Crippen LogP contribution < -0.4 is 15.2 Å². The molecule has 1 aromatic carbocycles. The second-order valence-electron chi connectivity index (χ2n) is 3.91. The number of hydrogen-bond acceptors (Lipinski definition) is 5. The fourth-order valence-corrected chi connectivity index (χ4v) is 2.66. The van der Waals surface area contributed by atoms with Crippen LogP contribution in [0, 0.1) is 0 Å². The zero-order chi connectivity index (χ0) is 13.6. The summed E-state index contributed by atoms with van der Waals surface area (Å²) >= 11 is 0. The van der Waals surface area contributed by atoms with Crippen molar-refractivity contribution in [3.8, 4) is 11.5 Å². The molecule has 0 fully saturated rings. The summed E-state index contributed by atoms with van der Waals surface area (Å²) in [6, 6.07) is 4.98. The number of anilines is 1.